The van der Waals surface area contributed by atoms with Crippen LogP contribution in [0.2, 0.25) is 0 Å². The van der Waals surface area contributed by atoms with Gasteiger partial charge >= 0.3 is 0 Å². The fourth-order valence-electron chi connectivity index (χ4n) is 1.81. The second kappa shape index (κ2) is 4.94. The molecule has 3 rings (SSSR count). The van der Waals surface area contributed by atoms with Gasteiger partial charge in [-0.05, 0) is 24.1 Å². The third kappa shape index (κ3) is 2.47. The molecular formula is C15H12N4. The lowest BCUT2D eigenvalue weighted by Gasteiger charge is -2.03. The molecule has 0 aliphatic heterocycles. The number of hydrogen-bond acceptors (Lipinski definition) is 4. The largest absolute Gasteiger partial charge is 0.236 e. The molecule has 0 aliphatic rings. The van der Waals surface area contributed by atoms with Crippen molar-refractivity contribution < 1.29 is 0 Å². The van der Waals surface area contributed by atoms with E-state index in [1.54, 1.807) is 12.4 Å². The molecule has 0 saturated carbocycles. The average molecular weight is 248 g/mol. The van der Waals surface area contributed by atoms with Crippen LogP contribution in [0.15, 0.2) is 55.1 Å². The predicted molar refractivity (Wildman–Crippen MR) is 73.2 cm³/mol. The number of rotatable bonds is 2. The molecule has 1 aromatic carbocycles. The molecule has 4 nitrogen and oxygen atoms in total. The first-order chi connectivity index (χ1) is 9.33. The van der Waals surface area contributed by atoms with Gasteiger partial charge in [0.15, 0.2) is 5.82 Å². The van der Waals surface area contributed by atoms with Gasteiger partial charge in [-0.25, -0.2) is 9.97 Å². The van der Waals surface area contributed by atoms with Crippen LogP contribution in [-0.2, 0) is 0 Å². The summed E-state index contributed by atoms with van der Waals surface area (Å²) in [6.45, 7) is 1.98. The van der Waals surface area contributed by atoms with Gasteiger partial charge in [0.25, 0.3) is 0 Å². The third-order valence-corrected chi connectivity index (χ3v) is 2.84. The maximum Gasteiger partial charge on any atom is 0.159 e. The number of aryl methyl sites for hydroxylation is 1. The summed E-state index contributed by atoms with van der Waals surface area (Å²) in [5.74, 6) is 0.741. The Labute approximate surface area is 111 Å². The van der Waals surface area contributed by atoms with Gasteiger partial charge in [-0.3, -0.25) is 0 Å². The van der Waals surface area contributed by atoms with Crippen molar-refractivity contribution in [2.24, 2.45) is 0 Å². The van der Waals surface area contributed by atoms with Crippen molar-refractivity contribution in [3.05, 3.63) is 60.7 Å². The zero-order valence-corrected chi connectivity index (χ0v) is 10.5. The molecule has 0 unspecified atom stereocenters. The Morgan fingerprint density at radius 1 is 0.684 bits per heavy atom. The van der Waals surface area contributed by atoms with Crippen molar-refractivity contribution in [1.82, 2.24) is 20.2 Å². The molecule has 0 bridgehead atoms. The average Bonchev–Trinajstić information content (AvgIpc) is 2.49. The zero-order chi connectivity index (χ0) is 13.1. The Morgan fingerprint density at radius 2 is 1.37 bits per heavy atom. The monoisotopic (exact) mass is 248 g/mol. The van der Waals surface area contributed by atoms with Crippen LogP contribution in [0.5, 0.6) is 0 Å². The highest BCUT2D eigenvalue weighted by molar-refractivity contribution is 5.66. The van der Waals surface area contributed by atoms with Crippen molar-refractivity contribution in [2.45, 2.75) is 6.92 Å². The van der Waals surface area contributed by atoms with Crippen molar-refractivity contribution in [1.29, 1.82) is 0 Å². The molecule has 3 aromatic rings. The van der Waals surface area contributed by atoms with E-state index in [0.29, 0.717) is 0 Å². The fourth-order valence-corrected chi connectivity index (χ4v) is 1.81. The molecule has 0 saturated heterocycles. The Bertz CT molecular complexity index is 661. The van der Waals surface area contributed by atoms with Gasteiger partial charge in [0.1, 0.15) is 0 Å². The summed E-state index contributed by atoms with van der Waals surface area (Å²) in [5, 5.41) is 7.65. The first-order valence-corrected chi connectivity index (χ1v) is 5.99. The Hall–Kier alpha value is -2.62. The molecule has 0 amide bonds. The summed E-state index contributed by atoms with van der Waals surface area (Å²) in [7, 11) is 0. The molecule has 0 radical (unpaired) electrons. The van der Waals surface area contributed by atoms with E-state index in [9.17, 15) is 0 Å². The van der Waals surface area contributed by atoms with Gasteiger partial charge < -0.3 is 0 Å². The maximum absolute atomic E-state index is 4.32. The predicted octanol–water partition coefficient (Wildman–Crippen LogP) is 2.91. The number of nitrogens with zero attached hydrogens (tertiary/aromatic N) is 4. The van der Waals surface area contributed by atoms with E-state index >= 15 is 0 Å². The second-order valence-electron chi connectivity index (χ2n) is 4.29. The normalized spacial score (nSPS) is 10.4. The lowest BCUT2D eigenvalue weighted by molar-refractivity contribution is 1.03. The third-order valence-electron chi connectivity index (χ3n) is 2.84. The zero-order valence-electron chi connectivity index (χ0n) is 10.5. The number of hydrogen-bond donors (Lipinski definition) is 0. The minimum atomic E-state index is 0.741. The molecule has 0 N–H and O–H groups in total. The van der Waals surface area contributed by atoms with Crippen molar-refractivity contribution in [3.8, 4) is 22.5 Å². The highest BCUT2D eigenvalue weighted by Crippen LogP contribution is 2.21. The smallest absolute Gasteiger partial charge is 0.159 e. The van der Waals surface area contributed by atoms with E-state index in [4.69, 9.17) is 0 Å². The summed E-state index contributed by atoms with van der Waals surface area (Å²) in [4.78, 5) is 8.63. The topological polar surface area (TPSA) is 51.6 Å². The molecule has 2 heterocycles. The molecular weight excluding hydrogens is 236 g/mol. The van der Waals surface area contributed by atoms with Gasteiger partial charge in [-0.15, -0.1) is 0 Å². The maximum atomic E-state index is 4.32. The molecule has 0 spiro atoms. The van der Waals surface area contributed by atoms with Crippen LogP contribution in [0.3, 0.4) is 0 Å². The van der Waals surface area contributed by atoms with E-state index in [-0.39, 0.29) is 0 Å². The number of aromatic nitrogens is 4. The molecule has 0 aliphatic carbocycles. The molecule has 2 aromatic heterocycles. The summed E-state index contributed by atoms with van der Waals surface area (Å²) in [6, 6.07) is 10.0. The quantitative estimate of drug-likeness (QED) is 0.699. The lowest BCUT2D eigenvalue weighted by atomic mass is 10.1. The summed E-state index contributed by atoms with van der Waals surface area (Å²) in [5.41, 5.74) is 4.21. The van der Waals surface area contributed by atoms with Gasteiger partial charge in [0.05, 0.1) is 12.4 Å². The summed E-state index contributed by atoms with van der Waals surface area (Å²) in [6.07, 6.45) is 7.08. The van der Waals surface area contributed by atoms with Crippen LogP contribution < -0.4 is 0 Å². The molecule has 4 heteroatoms. The van der Waals surface area contributed by atoms with Crippen molar-refractivity contribution in [3.63, 3.8) is 0 Å². The van der Waals surface area contributed by atoms with E-state index < -0.39 is 0 Å². The Balaban J connectivity index is 1.93. The van der Waals surface area contributed by atoms with E-state index in [0.717, 1.165) is 28.1 Å². The Morgan fingerprint density at radius 3 is 2.00 bits per heavy atom. The van der Waals surface area contributed by atoms with E-state index in [1.807, 2.05) is 49.6 Å². The SMILES string of the molecule is Cc1cnc(-c2ccc(-c3ccnnc3)cc2)nc1. The standard InChI is InChI=1S/C15H12N4/c1-11-8-16-15(17-9-11)13-4-2-12(3-5-13)14-6-7-18-19-10-14/h2-10H,1H3. The summed E-state index contributed by atoms with van der Waals surface area (Å²) < 4.78 is 0. The van der Waals surface area contributed by atoms with E-state index in [1.165, 1.54) is 0 Å². The van der Waals surface area contributed by atoms with Crippen LogP contribution in [0.4, 0.5) is 0 Å². The van der Waals surface area contributed by atoms with Gasteiger partial charge in [-0.1, -0.05) is 24.3 Å². The van der Waals surface area contributed by atoms with Crippen LogP contribution in [0.25, 0.3) is 22.5 Å². The summed E-state index contributed by atoms with van der Waals surface area (Å²) >= 11 is 0. The molecule has 0 fully saturated rings. The van der Waals surface area contributed by atoms with Crippen molar-refractivity contribution in [2.75, 3.05) is 0 Å². The highest BCUT2D eigenvalue weighted by atomic mass is 15.1. The fraction of sp³-hybridized carbons (Fsp3) is 0.0667. The van der Waals surface area contributed by atoms with Crippen molar-refractivity contribution >= 4 is 0 Å². The van der Waals surface area contributed by atoms with Gasteiger partial charge in [0.2, 0.25) is 0 Å². The Kier molecular flexibility index (Phi) is 2.98. The lowest BCUT2D eigenvalue weighted by Crippen LogP contribution is -1.89. The van der Waals surface area contributed by atoms with E-state index in [2.05, 4.69) is 20.2 Å². The molecule has 19 heavy (non-hydrogen) atoms. The molecule has 92 valence electrons. The minimum Gasteiger partial charge on any atom is -0.236 e. The van der Waals surface area contributed by atoms with Gasteiger partial charge in [0, 0.05) is 23.5 Å². The van der Waals surface area contributed by atoms with Crippen LogP contribution in [-0.4, -0.2) is 20.2 Å². The number of benzene rings is 1. The van der Waals surface area contributed by atoms with Gasteiger partial charge in [-0.2, -0.15) is 10.2 Å². The van der Waals surface area contributed by atoms with Crippen LogP contribution in [0.1, 0.15) is 5.56 Å². The first-order valence-electron chi connectivity index (χ1n) is 5.99. The molecule has 0 atom stereocenters. The minimum absolute atomic E-state index is 0.741. The first kappa shape index (κ1) is 11.5. The highest BCUT2D eigenvalue weighted by Gasteiger charge is 2.02. The van der Waals surface area contributed by atoms with Crippen LogP contribution in [0, 0.1) is 6.92 Å². The second-order valence-corrected chi connectivity index (χ2v) is 4.29. The van der Waals surface area contributed by atoms with Crippen LogP contribution >= 0.6 is 0 Å².